The lowest BCUT2D eigenvalue weighted by Crippen LogP contribution is -2.01. The van der Waals surface area contributed by atoms with Crippen molar-refractivity contribution in [2.45, 2.75) is 33.1 Å². The van der Waals surface area contributed by atoms with E-state index < -0.39 is 0 Å². The number of aryl methyl sites for hydroxylation is 1. The van der Waals surface area contributed by atoms with Crippen LogP contribution >= 0.6 is 0 Å². The van der Waals surface area contributed by atoms with Gasteiger partial charge < -0.3 is 0 Å². The molecule has 1 aromatic heterocycles. The topological polar surface area (TPSA) is 12.9 Å². The minimum absolute atomic E-state index is 0.128. The van der Waals surface area contributed by atoms with Crippen molar-refractivity contribution in [1.29, 1.82) is 0 Å². The summed E-state index contributed by atoms with van der Waals surface area (Å²) >= 11 is 0. The van der Waals surface area contributed by atoms with Crippen LogP contribution in [-0.4, -0.2) is 4.98 Å². The Balaban J connectivity index is 3.20. The van der Waals surface area contributed by atoms with Crippen LogP contribution in [-0.2, 0) is 6.42 Å². The number of hydrogen-bond acceptors (Lipinski definition) is 1. The van der Waals surface area contributed by atoms with E-state index in [4.69, 9.17) is 0 Å². The molecular formula is C10H14FN. The lowest BCUT2D eigenvalue weighted by molar-refractivity contribution is 0.589. The van der Waals surface area contributed by atoms with Crippen molar-refractivity contribution in [2.24, 2.45) is 0 Å². The van der Waals surface area contributed by atoms with Crippen LogP contribution in [0.5, 0.6) is 0 Å². The number of halogens is 1. The molecule has 0 fully saturated rings. The van der Waals surface area contributed by atoms with Crippen LogP contribution in [0.4, 0.5) is 4.39 Å². The van der Waals surface area contributed by atoms with Gasteiger partial charge in [0.1, 0.15) is 5.82 Å². The minimum atomic E-state index is -0.128. The maximum atomic E-state index is 13.2. The molecule has 0 aliphatic heterocycles. The smallest absolute Gasteiger partial charge is 0.130 e. The number of rotatable bonds is 2. The van der Waals surface area contributed by atoms with Crippen molar-refractivity contribution in [3.05, 3.63) is 29.3 Å². The van der Waals surface area contributed by atoms with Gasteiger partial charge in [-0.1, -0.05) is 20.8 Å². The molecule has 0 unspecified atom stereocenters. The Morgan fingerprint density at radius 1 is 1.50 bits per heavy atom. The summed E-state index contributed by atoms with van der Waals surface area (Å²) in [7, 11) is 0. The maximum Gasteiger partial charge on any atom is 0.130 e. The Morgan fingerprint density at radius 2 is 2.17 bits per heavy atom. The lowest BCUT2D eigenvalue weighted by Gasteiger charge is -2.10. The second-order valence-corrected chi connectivity index (χ2v) is 3.16. The molecule has 0 aliphatic rings. The van der Waals surface area contributed by atoms with Gasteiger partial charge in [-0.05, 0) is 18.4 Å². The summed E-state index contributed by atoms with van der Waals surface area (Å²) in [5.74, 6) is 0.0884. The lowest BCUT2D eigenvalue weighted by atomic mass is 10.00. The molecule has 1 rings (SSSR count). The monoisotopic (exact) mass is 167 g/mol. The van der Waals surface area contributed by atoms with Crippen LogP contribution in [0.2, 0.25) is 0 Å². The highest BCUT2D eigenvalue weighted by Gasteiger charge is 2.11. The predicted octanol–water partition coefficient (Wildman–Crippen LogP) is 2.91. The van der Waals surface area contributed by atoms with Gasteiger partial charge in [-0.2, -0.15) is 0 Å². The first-order valence-electron chi connectivity index (χ1n) is 4.30. The Morgan fingerprint density at radius 3 is 2.58 bits per heavy atom. The quantitative estimate of drug-likeness (QED) is 0.660. The summed E-state index contributed by atoms with van der Waals surface area (Å²) < 4.78 is 13.2. The zero-order valence-corrected chi connectivity index (χ0v) is 7.76. The van der Waals surface area contributed by atoms with Crippen molar-refractivity contribution in [3.8, 4) is 0 Å². The molecule has 66 valence electrons. The molecule has 0 saturated carbocycles. The number of nitrogens with zero attached hydrogens (tertiary/aromatic N) is 1. The van der Waals surface area contributed by atoms with Gasteiger partial charge in [0.05, 0.1) is 0 Å². The maximum absolute atomic E-state index is 13.2. The SMILES string of the molecule is CCc1nccc(F)c1C(C)C. The van der Waals surface area contributed by atoms with Crippen LogP contribution in [0.3, 0.4) is 0 Å². The summed E-state index contributed by atoms with van der Waals surface area (Å²) in [6, 6.07) is 1.43. The van der Waals surface area contributed by atoms with Crippen LogP contribution < -0.4 is 0 Å². The van der Waals surface area contributed by atoms with E-state index in [1.54, 1.807) is 0 Å². The highest BCUT2D eigenvalue weighted by molar-refractivity contribution is 5.24. The van der Waals surface area contributed by atoms with Gasteiger partial charge in [-0.3, -0.25) is 4.98 Å². The Kier molecular flexibility index (Phi) is 2.79. The third-order valence-electron chi connectivity index (χ3n) is 1.93. The molecule has 2 heteroatoms. The molecular weight excluding hydrogens is 153 g/mol. The first-order valence-corrected chi connectivity index (χ1v) is 4.30. The first kappa shape index (κ1) is 9.17. The summed E-state index contributed by atoms with van der Waals surface area (Å²) in [5.41, 5.74) is 1.64. The highest BCUT2D eigenvalue weighted by atomic mass is 19.1. The second-order valence-electron chi connectivity index (χ2n) is 3.16. The summed E-state index contributed by atoms with van der Waals surface area (Å²) in [6.07, 6.45) is 2.32. The average Bonchev–Trinajstić information content (AvgIpc) is 2.03. The summed E-state index contributed by atoms with van der Waals surface area (Å²) in [5, 5.41) is 0. The van der Waals surface area contributed by atoms with E-state index in [2.05, 4.69) is 4.98 Å². The molecule has 0 radical (unpaired) electrons. The third-order valence-corrected chi connectivity index (χ3v) is 1.93. The van der Waals surface area contributed by atoms with E-state index in [9.17, 15) is 4.39 Å². The van der Waals surface area contributed by atoms with Crippen LogP contribution in [0, 0.1) is 5.82 Å². The van der Waals surface area contributed by atoms with Crippen molar-refractivity contribution >= 4 is 0 Å². The largest absolute Gasteiger partial charge is 0.261 e. The van der Waals surface area contributed by atoms with Crippen molar-refractivity contribution < 1.29 is 4.39 Å². The molecule has 12 heavy (non-hydrogen) atoms. The second kappa shape index (κ2) is 3.65. The van der Waals surface area contributed by atoms with Gasteiger partial charge in [0, 0.05) is 17.5 Å². The zero-order chi connectivity index (χ0) is 9.14. The molecule has 1 aromatic rings. The standard InChI is InChI=1S/C10H14FN/c1-4-9-10(7(2)3)8(11)5-6-12-9/h5-7H,4H2,1-3H3. The molecule has 0 aromatic carbocycles. The fourth-order valence-corrected chi connectivity index (χ4v) is 1.38. The molecule has 0 N–H and O–H groups in total. The van der Waals surface area contributed by atoms with Gasteiger partial charge in [0.2, 0.25) is 0 Å². The minimum Gasteiger partial charge on any atom is -0.261 e. The fourth-order valence-electron chi connectivity index (χ4n) is 1.38. The molecule has 0 amide bonds. The van der Waals surface area contributed by atoms with Gasteiger partial charge in [-0.15, -0.1) is 0 Å². The highest BCUT2D eigenvalue weighted by Crippen LogP contribution is 2.21. The van der Waals surface area contributed by atoms with Gasteiger partial charge >= 0.3 is 0 Å². The number of pyridine rings is 1. The number of aromatic nitrogens is 1. The Hall–Kier alpha value is -0.920. The fraction of sp³-hybridized carbons (Fsp3) is 0.500. The average molecular weight is 167 g/mol. The predicted molar refractivity (Wildman–Crippen MR) is 47.7 cm³/mol. The molecule has 1 heterocycles. The Labute approximate surface area is 72.6 Å². The molecule has 0 atom stereocenters. The molecule has 1 nitrogen and oxygen atoms in total. The molecule has 0 saturated heterocycles. The molecule has 0 aliphatic carbocycles. The van der Waals surface area contributed by atoms with Crippen molar-refractivity contribution in [1.82, 2.24) is 4.98 Å². The van der Waals surface area contributed by atoms with E-state index >= 15 is 0 Å². The van der Waals surface area contributed by atoms with Crippen molar-refractivity contribution in [3.63, 3.8) is 0 Å². The van der Waals surface area contributed by atoms with Gasteiger partial charge in [0.15, 0.2) is 0 Å². The first-order chi connectivity index (χ1) is 5.66. The van der Waals surface area contributed by atoms with Crippen LogP contribution in [0.1, 0.15) is 37.9 Å². The summed E-state index contributed by atoms with van der Waals surface area (Å²) in [6.45, 7) is 5.96. The normalized spacial score (nSPS) is 10.8. The van der Waals surface area contributed by atoms with Crippen LogP contribution in [0.15, 0.2) is 12.3 Å². The zero-order valence-electron chi connectivity index (χ0n) is 7.76. The van der Waals surface area contributed by atoms with E-state index in [1.165, 1.54) is 12.3 Å². The van der Waals surface area contributed by atoms with Crippen molar-refractivity contribution in [2.75, 3.05) is 0 Å². The summed E-state index contributed by atoms with van der Waals surface area (Å²) in [4.78, 5) is 4.14. The third kappa shape index (κ3) is 1.63. The van der Waals surface area contributed by atoms with E-state index in [0.717, 1.165) is 17.7 Å². The van der Waals surface area contributed by atoms with E-state index in [1.807, 2.05) is 20.8 Å². The molecule has 0 bridgehead atoms. The number of hydrogen-bond donors (Lipinski definition) is 0. The molecule has 0 spiro atoms. The van der Waals surface area contributed by atoms with Gasteiger partial charge in [0.25, 0.3) is 0 Å². The van der Waals surface area contributed by atoms with Crippen LogP contribution in [0.25, 0.3) is 0 Å². The van der Waals surface area contributed by atoms with E-state index in [-0.39, 0.29) is 11.7 Å². The Bertz CT molecular complexity index is 269. The van der Waals surface area contributed by atoms with Gasteiger partial charge in [-0.25, -0.2) is 4.39 Å². The van der Waals surface area contributed by atoms with E-state index in [0.29, 0.717) is 0 Å².